The van der Waals surface area contributed by atoms with Gasteiger partial charge >= 0.3 is 0 Å². The lowest BCUT2D eigenvalue weighted by Crippen LogP contribution is -2.26. The number of hydrogen-bond acceptors (Lipinski definition) is 5. The first-order chi connectivity index (χ1) is 7.96. The van der Waals surface area contributed by atoms with Crippen molar-refractivity contribution >= 4 is 23.4 Å². The molecule has 4 nitrogen and oxygen atoms in total. The van der Waals surface area contributed by atoms with Crippen LogP contribution in [0.1, 0.15) is 26.6 Å². The molecule has 0 spiro atoms. The number of aryl methyl sites for hydroxylation is 1. The third kappa shape index (κ3) is 4.81. The predicted octanol–water partition coefficient (Wildman–Crippen LogP) is 2.77. The molecule has 0 saturated heterocycles. The number of aromatic nitrogens is 2. The Hall–Kier alpha value is -0.970. The van der Waals surface area contributed by atoms with Crippen molar-refractivity contribution in [2.45, 2.75) is 32.4 Å². The van der Waals surface area contributed by atoms with E-state index in [9.17, 15) is 0 Å². The van der Waals surface area contributed by atoms with Crippen LogP contribution in [0.15, 0.2) is 6.07 Å². The Kier molecular flexibility index (Phi) is 5.05. The molecule has 0 unspecified atom stereocenters. The van der Waals surface area contributed by atoms with Crippen molar-refractivity contribution in [1.82, 2.24) is 9.97 Å². The Labute approximate surface area is 108 Å². The average molecular weight is 254 g/mol. The summed E-state index contributed by atoms with van der Waals surface area (Å²) in [4.78, 5) is 8.70. The lowest BCUT2D eigenvalue weighted by molar-refractivity contribution is 0.749. The Morgan fingerprint density at radius 1 is 1.24 bits per heavy atom. The lowest BCUT2D eigenvalue weighted by atomic mass is 10.2. The smallest absolute Gasteiger partial charge is 0.131 e. The minimum atomic E-state index is 0.206. The van der Waals surface area contributed by atoms with Gasteiger partial charge in [0.15, 0.2) is 0 Å². The number of thioether (sulfide) groups is 1. The molecule has 2 N–H and O–H groups in total. The first-order valence-electron chi connectivity index (χ1n) is 5.85. The topological polar surface area (TPSA) is 49.8 Å². The zero-order chi connectivity index (χ0) is 12.9. The van der Waals surface area contributed by atoms with E-state index in [-0.39, 0.29) is 4.75 Å². The van der Waals surface area contributed by atoms with E-state index in [0.717, 1.165) is 30.5 Å². The molecule has 0 bridgehead atoms. The van der Waals surface area contributed by atoms with Crippen LogP contribution in [0.2, 0.25) is 0 Å². The van der Waals surface area contributed by atoms with Crippen LogP contribution in [0, 0.1) is 6.92 Å². The molecule has 0 saturated carbocycles. The van der Waals surface area contributed by atoms with E-state index >= 15 is 0 Å². The monoisotopic (exact) mass is 254 g/mol. The van der Waals surface area contributed by atoms with Crippen molar-refractivity contribution in [2.75, 3.05) is 30.0 Å². The molecule has 1 rings (SSSR count). The maximum atomic E-state index is 4.38. The van der Waals surface area contributed by atoms with Gasteiger partial charge in [-0.1, -0.05) is 0 Å². The van der Waals surface area contributed by atoms with Crippen LogP contribution in [-0.4, -0.2) is 34.1 Å². The minimum Gasteiger partial charge on any atom is -0.370 e. The van der Waals surface area contributed by atoms with E-state index in [4.69, 9.17) is 0 Å². The molecule has 0 aliphatic rings. The first-order valence-corrected chi connectivity index (χ1v) is 7.08. The molecule has 0 aliphatic heterocycles. The maximum Gasteiger partial charge on any atom is 0.131 e. The fourth-order valence-electron chi connectivity index (χ4n) is 1.31. The average Bonchev–Trinajstić information content (AvgIpc) is 2.26. The SMILES string of the molecule is CCNc1cc(NCC(C)(C)SC)nc(C)n1. The van der Waals surface area contributed by atoms with Crippen LogP contribution >= 0.6 is 11.8 Å². The van der Waals surface area contributed by atoms with Crippen LogP contribution < -0.4 is 10.6 Å². The Morgan fingerprint density at radius 3 is 2.35 bits per heavy atom. The molecular formula is C12H22N4S. The summed E-state index contributed by atoms with van der Waals surface area (Å²) in [6.07, 6.45) is 2.12. The summed E-state index contributed by atoms with van der Waals surface area (Å²) in [6.45, 7) is 10.1. The molecule has 0 fully saturated rings. The molecule has 96 valence electrons. The van der Waals surface area contributed by atoms with Crippen LogP contribution in [0.3, 0.4) is 0 Å². The van der Waals surface area contributed by atoms with Crippen LogP contribution in [0.25, 0.3) is 0 Å². The molecule has 0 radical (unpaired) electrons. The highest BCUT2D eigenvalue weighted by atomic mass is 32.2. The summed E-state index contributed by atoms with van der Waals surface area (Å²) in [7, 11) is 0. The van der Waals surface area contributed by atoms with E-state index in [1.807, 2.05) is 24.8 Å². The normalized spacial score (nSPS) is 11.4. The van der Waals surface area contributed by atoms with Gasteiger partial charge in [-0.25, -0.2) is 9.97 Å². The second-order valence-electron chi connectivity index (χ2n) is 4.53. The van der Waals surface area contributed by atoms with Gasteiger partial charge < -0.3 is 10.6 Å². The number of nitrogens with one attached hydrogen (secondary N) is 2. The molecule has 0 atom stereocenters. The number of anilines is 2. The van der Waals surface area contributed by atoms with Gasteiger partial charge in [0.2, 0.25) is 0 Å². The summed E-state index contributed by atoms with van der Waals surface area (Å²) in [5, 5.41) is 6.57. The number of hydrogen-bond donors (Lipinski definition) is 2. The Balaban J connectivity index is 2.70. The van der Waals surface area contributed by atoms with Crippen molar-refractivity contribution in [3.8, 4) is 0 Å². The summed E-state index contributed by atoms with van der Waals surface area (Å²) in [6, 6.07) is 1.95. The van der Waals surface area contributed by atoms with Gasteiger partial charge in [0.1, 0.15) is 17.5 Å². The van der Waals surface area contributed by atoms with E-state index in [2.05, 4.69) is 47.6 Å². The molecular weight excluding hydrogens is 232 g/mol. The standard InChI is InChI=1S/C12H22N4S/c1-6-13-10-7-11(16-9(2)15-10)14-8-12(3,4)17-5/h7H,6,8H2,1-5H3,(H2,13,14,15,16). The van der Waals surface area contributed by atoms with Crippen molar-refractivity contribution in [3.05, 3.63) is 11.9 Å². The fraction of sp³-hybridized carbons (Fsp3) is 0.667. The summed E-state index contributed by atoms with van der Waals surface area (Å²) in [5.74, 6) is 2.55. The molecule has 0 amide bonds. The van der Waals surface area contributed by atoms with Gasteiger partial charge in [-0.3, -0.25) is 0 Å². The second-order valence-corrected chi connectivity index (χ2v) is 6.05. The van der Waals surface area contributed by atoms with Gasteiger partial charge in [-0.2, -0.15) is 11.8 Å². The van der Waals surface area contributed by atoms with Gasteiger partial charge in [0.25, 0.3) is 0 Å². The van der Waals surface area contributed by atoms with E-state index in [1.165, 1.54) is 0 Å². The largest absolute Gasteiger partial charge is 0.370 e. The fourth-order valence-corrected chi connectivity index (χ4v) is 1.52. The summed E-state index contributed by atoms with van der Waals surface area (Å²) in [5.41, 5.74) is 0. The third-order valence-electron chi connectivity index (χ3n) is 2.44. The quantitative estimate of drug-likeness (QED) is 0.817. The molecule has 17 heavy (non-hydrogen) atoms. The van der Waals surface area contributed by atoms with Gasteiger partial charge in [0.05, 0.1) is 0 Å². The van der Waals surface area contributed by atoms with Crippen LogP contribution in [0.5, 0.6) is 0 Å². The van der Waals surface area contributed by atoms with Gasteiger partial charge in [-0.05, 0) is 34.0 Å². The zero-order valence-corrected chi connectivity index (χ0v) is 12.1. The predicted molar refractivity (Wildman–Crippen MR) is 77.0 cm³/mol. The van der Waals surface area contributed by atoms with Gasteiger partial charge in [-0.15, -0.1) is 0 Å². The summed E-state index contributed by atoms with van der Waals surface area (Å²) >= 11 is 1.84. The lowest BCUT2D eigenvalue weighted by Gasteiger charge is -2.22. The third-order valence-corrected chi connectivity index (χ3v) is 3.69. The van der Waals surface area contributed by atoms with Crippen molar-refractivity contribution in [2.24, 2.45) is 0 Å². The molecule has 1 aromatic heterocycles. The second kappa shape index (κ2) is 6.10. The molecule has 0 aromatic carbocycles. The Bertz CT molecular complexity index is 366. The molecule has 1 heterocycles. The van der Waals surface area contributed by atoms with Crippen molar-refractivity contribution < 1.29 is 0 Å². The van der Waals surface area contributed by atoms with Crippen LogP contribution in [0.4, 0.5) is 11.6 Å². The van der Waals surface area contributed by atoms with E-state index < -0.39 is 0 Å². The highest BCUT2D eigenvalue weighted by Crippen LogP contribution is 2.21. The van der Waals surface area contributed by atoms with E-state index in [0.29, 0.717) is 0 Å². The first kappa shape index (κ1) is 14.1. The van der Waals surface area contributed by atoms with Crippen molar-refractivity contribution in [1.29, 1.82) is 0 Å². The zero-order valence-electron chi connectivity index (χ0n) is 11.3. The maximum absolute atomic E-state index is 4.38. The molecule has 0 aliphatic carbocycles. The Morgan fingerprint density at radius 2 is 1.82 bits per heavy atom. The van der Waals surface area contributed by atoms with Crippen molar-refractivity contribution in [3.63, 3.8) is 0 Å². The highest BCUT2D eigenvalue weighted by Gasteiger charge is 2.15. The number of nitrogens with zero attached hydrogens (tertiary/aromatic N) is 2. The van der Waals surface area contributed by atoms with E-state index in [1.54, 1.807) is 0 Å². The van der Waals surface area contributed by atoms with Gasteiger partial charge in [0, 0.05) is 23.9 Å². The molecule has 5 heteroatoms. The molecule has 1 aromatic rings. The highest BCUT2D eigenvalue weighted by molar-refractivity contribution is 7.99. The number of rotatable bonds is 6. The summed E-state index contributed by atoms with van der Waals surface area (Å²) < 4.78 is 0.206. The minimum absolute atomic E-state index is 0.206. The van der Waals surface area contributed by atoms with Crippen LogP contribution in [-0.2, 0) is 0 Å².